The molecule has 20 heavy (non-hydrogen) atoms. The predicted octanol–water partition coefficient (Wildman–Crippen LogP) is 1.47. The summed E-state index contributed by atoms with van der Waals surface area (Å²) in [6.07, 6.45) is 0.558. The molecule has 0 radical (unpaired) electrons. The van der Waals surface area contributed by atoms with E-state index in [1.165, 1.54) is 5.56 Å². The van der Waals surface area contributed by atoms with Crippen molar-refractivity contribution in [2.75, 3.05) is 6.54 Å². The van der Waals surface area contributed by atoms with Gasteiger partial charge in [-0.15, -0.1) is 10.2 Å². The topological polar surface area (TPSA) is 83.6 Å². The highest BCUT2D eigenvalue weighted by atomic mass is 16.1. The van der Waals surface area contributed by atoms with Crippen molar-refractivity contribution < 1.29 is 4.79 Å². The Bertz CT molecular complexity index is 554. The number of hydrogen-bond donors (Lipinski definition) is 2. The van der Waals surface area contributed by atoms with Crippen molar-refractivity contribution >= 4 is 5.91 Å². The molecule has 1 amide bonds. The zero-order valence-electron chi connectivity index (χ0n) is 12.0. The number of carbonyl (C=O) groups excluding carboxylic acids is 1. The average Bonchev–Trinajstić information content (AvgIpc) is 2.91. The lowest BCUT2D eigenvalue weighted by Crippen LogP contribution is -2.26. The van der Waals surface area contributed by atoms with Crippen LogP contribution in [0.4, 0.5) is 0 Å². The Morgan fingerprint density at radius 1 is 1.25 bits per heavy atom. The maximum atomic E-state index is 12.0. The van der Waals surface area contributed by atoms with E-state index in [0.29, 0.717) is 24.4 Å². The van der Waals surface area contributed by atoms with Gasteiger partial charge in [0.2, 0.25) is 0 Å². The number of benzene rings is 1. The summed E-state index contributed by atoms with van der Waals surface area (Å²) in [4.78, 5) is 12.0. The normalized spacial score (nSPS) is 11.3. The summed E-state index contributed by atoms with van der Waals surface area (Å²) in [5.74, 6) is 0.502. The van der Waals surface area contributed by atoms with Crippen LogP contribution >= 0.6 is 0 Å². The van der Waals surface area contributed by atoms with E-state index in [9.17, 15) is 4.79 Å². The first-order valence-electron chi connectivity index (χ1n) is 6.58. The van der Waals surface area contributed by atoms with Crippen LogP contribution < -0.4 is 5.32 Å². The number of rotatable bonds is 4. The van der Waals surface area contributed by atoms with Gasteiger partial charge in [0, 0.05) is 18.5 Å². The number of amides is 1. The largest absolute Gasteiger partial charge is 0.352 e. The molecular weight excluding hydrogens is 254 g/mol. The number of aromatic nitrogens is 4. The molecule has 0 aliphatic heterocycles. The highest BCUT2D eigenvalue weighted by Gasteiger charge is 2.14. The first-order chi connectivity index (χ1) is 9.47. The molecule has 106 valence electrons. The van der Waals surface area contributed by atoms with Crippen LogP contribution in [-0.4, -0.2) is 33.1 Å². The molecular formula is C14H19N5O. The second-order valence-corrected chi connectivity index (χ2v) is 5.66. The molecule has 0 saturated heterocycles. The van der Waals surface area contributed by atoms with E-state index in [4.69, 9.17) is 0 Å². The molecule has 6 nitrogen and oxygen atoms in total. The van der Waals surface area contributed by atoms with E-state index >= 15 is 0 Å². The summed E-state index contributed by atoms with van der Waals surface area (Å²) in [5.41, 5.74) is 1.96. The van der Waals surface area contributed by atoms with Gasteiger partial charge in [-0.1, -0.05) is 38.1 Å². The molecule has 2 rings (SSSR count). The summed E-state index contributed by atoms with van der Waals surface area (Å²) >= 11 is 0. The number of carbonyl (C=O) groups is 1. The average molecular weight is 273 g/mol. The molecule has 1 aromatic heterocycles. The quantitative estimate of drug-likeness (QED) is 0.883. The van der Waals surface area contributed by atoms with Gasteiger partial charge in [0.25, 0.3) is 5.91 Å². The molecule has 0 fully saturated rings. The summed E-state index contributed by atoms with van der Waals surface area (Å²) in [5, 5.41) is 16.3. The molecule has 0 spiro atoms. The summed E-state index contributed by atoms with van der Waals surface area (Å²) in [7, 11) is 0. The molecule has 0 unspecified atom stereocenters. The van der Waals surface area contributed by atoms with E-state index in [-0.39, 0.29) is 11.3 Å². The molecule has 2 N–H and O–H groups in total. The van der Waals surface area contributed by atoms with Gasteiger partial charge in [0.15, 0.2) is 5.82 Å². The van der Waals surface area contributed by atoms with Gasteiger partial charge in [-0.3, -0.25) is 4.79 Å². The highest BCUT2D eigenvalue weighted by Crippen LogP contribution is 2.22. The molecule has 0 saturated carbocycles. The SMILES string of the molecule is CC(C)(C)c1ccc(C(=O)NCCc2nn[nH]n2)cc1. The molecule has 0 atom stereocenters. The third kappa shape index (κ3) is 3.63. The number of aromatic amines is 1. The van der Waals surface area contributed by atoms with Gasteiger partial charge in [-0.05, 0) is 23.1 Å². The fraction of sp³-hybridized carbons (Fsp3) is 0.429. The third-order valence-electron chi connectivity index (χ3n) is 3.04. The van der Waals surface area contributed by atoms with E-state index in [1.54, 1.807) is 0 Å². The Morgan fingerprint density at radius 3 is 2.50 bits per heavy atom. The van der Waals surface area contributed by atoms with Gasteiger partial charge in [0.1, 0.15) is 0 Å². The van der Waals surface area contributed by atoms with Crippen molar-refractivity contribution in [1.29, 1.82) is 0 Å². The van der Waals surface area contributed by atoms with Crippen LogP contribution in [0.5, 0.6) is 0 Å². The Labute approximate surface area is 118 Å². The van der Waals surface area contributed by atoms with Crippen molar-refractivity contribution in [3.63, 3.8) is 0 Å². The lowest BCUT2D eigenvalue weighted by Gasteiger charge is -2.19. The Balaban J connectivity index is 1.89. The number of H-pyrrole nitrogens is 1. The van der Waals surface area contributed by atoms with E-state index in [0.717, 1.165) is 0 Å². The molecule has 0 aliphatic carbocycles. The van der Waals surface area contributed by atoms with Crippen molar-refractivity contribution in [2.24, 2.45) is 0 Å². The fourth-order valence-electron chi connectivity index (χ4n) is 1.80. The van der Waals surface area contributed by atoms with Crippen LogP contribution in [0.1, 0.15) is 42.5 Å². The Morgan fingerprint density at radius 2 is 1.95 bits per heavy atom. The van der Waals surface area contributed by atoms with Gasteiger partial charge in [0.05, 0.1) is 0 Å². The standard InChI is InChI=1S/C14H19N5O/c1-14(2,3)11-6-4-10(5-7-11)13(20)15-9-8-12-16-18-19-17-12/h4-7H,8-9H2,1-3H3,(H,15,20)(H,16,17,18,19). The van der Waals surface area contributed by atoms with Crippen molar-refractivity contribution in [3.05, 3.63) is 41.2 Å². The van der Waals surface area contributed by atoms with Gasteiger partial charge >= 0.3 is 0 Å². The minimum atomic E-state index is -0.0889. The van der Waals surface area contributed by atoms with Crippen molar-refractivity contribution in [1.82, 2.24) is 25.9 Å². The zero-order chi connectivity index (χ0) is 14.6. The summed E-state index contributed by atoms with van der Waals surface area (Å²) in [6.45, 7) is 6.92. The maximum Gasteiger partial charge on any atom is 0.251 e. The lowest BCUT2D eigenvalue weighted by atomic mass is 9.87. The van der Waals surface area contributed by atoms with Crippen LogP contribution in [0.15, 0.2) is 24.3 Å². The first-order valence-corrected chi connectivity index (χ1v) is 6.58. The van der Waals surface area contributed by atoms with Crippen LogP contribution in [0.25, 0.3) is 0 Å². The predicted molar refractivity (Wildman–Crippen MR) is 75.4 cm³/mol. The van der Waals surface area contributed by atoms with E-state index < -0.39 is 0 Å². The monoisotopic (exact) mass is 273 g/mol. The molecule has 0 bridgehead atoms. The first kappa shape index (κ1) is 14.2. The van der Waals surface area contributed by atoms with Gasteiger partial charge < -0.3 is 5.32 Å². The molecule has 1 aromatic carbocycles. The van der Waals surface area contributed by atoms with Gasteiger partial charge in [-0.25, -0.2) is 0 Å². The minimum Gasteiger partial charge on any atom is -0.352 e. The summed E-state index contributed by atoms with van der Waals surface area (Å²) < 4.78 is 0. The zero-order valence-corrected chi connectivity index (χ0v) is 12.0. The second kappa shape index (κ2) is 5.81. The molecule has 1 heterocycles. The minimum absolute atomic E-state index is 0.0889. The van der Waals surface area contributed by atoms with Crippen LogP contribution in [-0.2, 0) is 11.8 Å². The van der Waals surface area contributed by atoms with Crippen LogP contribution in [0.3, 0.4) is 0 Å². The second-order valence-electron chi connectivity index (χ2n) is 5.66. The lowest BCUT2D eigenvalue weighted by molar-refractivity contribution is 0.0954. The number of nitrogens with zero attached hydrogens (tertiary/aromatic N) is 3. The number of nitrogens with one attached hydrogen (secondary N) is 2. The highest BCUT2D eigenvalue weighted by molar-refractivity contribution is 5.94. The van der Waals surface area contributed by atoms with Crippen LogP contribution in [0, 0.1) is 0 Å². The van der Waals surface area contributed by atoms with E-state index in [2.05, 4.69) is 46.7 Å². The smallest absolute Gasteiger partial charge is 0.251 e. The third-order valence-corrected chi connectivity index (χ3v) is 3.04. The number of hydrogen-bond acceptors (Lipinski definition) is 4. The molecule has 0 aliphatic rings. The number of tetrazole rings is 1. The van der Waals surface area contributed by atoms with Crippen molar-refractivity contribution in [3.8, 4) is 0 Å². The van der Waals surface area contributed by atoms with E-state index in [1.807, 2.05) is 24.3 Å². The maximum absolute atomic E-state index is 12.0. The van der Waals surface area contributed by atoms with Gasteiger partial charge in [-0.2, -0.15) is 5.21 Å². The summed E-state index contributed by atoms with van der Waals surface area (Å²) in [6, 6.07) is 7.69. The molecule has 2 aromatic rings. The van der Waals surface area contributed by atoms with Crippen molar-refractivity contribution in [2.45, 2.75) is 32.6 Å². The Kier molecular flexibility index (Phi) is 4.12. The fourth-order valence-corrected chi connectivity index (χ4v) is 1.80. The Hall–Kier alpha value is -2.24. The van der Waals surface area contributed by atoms with Crippen LogP contribution in [0.2, 0.25) is 0 Å². The molecule has 6 heteroatoms.